The van der Waals surface area contributed by atoms with E-state index in [-0.39, 0.29) is 0 Å². The number of aliphatic imine (C=N–C) groups is 1. The first-order chi connectivity index (χ1) is 12.1. The maximum Gasteiger partial charge on any atom is 0.202 e. The van der Waals surface area contributed by atoms with Gasteiger partial charge in [0.15, 0.2) is 0 Å². The normalized spacial score (nSPS) is 15.2. The topological polar surface area (TPSA) is 48.9 Å². The van der Waals surface area contributed by atoms with Gasteiger partial charge in [-0.15, -0.1) is 11.3 Å². The number of methoxy groups -OCH3 is 1. The summed E-state index contributed by atoms with van der Waals surface area (Å²) in [6, 6.07) is 0. The Balaban J connectivity index is 2.10. The Hall–Kier alpha value is -1.79. The van der Waals surface area contributed by atoms with Crippen LogP contribution in [0.25, 0.3) is 11.4 Å². The summed E-state index contributed by atoms with van der Waals surface area (Å²) in [4.78, 5) is 7.91. The van der Waals surface area contributed by atoms with Gasteiger partial charge in [-0.3, -0.25) is 4.99 Å². The van der Waals surface area contributed by atoms with Gasteiger partial charge >= 0.3 is 0 Å². The van der Waals surface area contributed by atoms with Gasteiger partial charge in [0.25, 0.3) is 0 Å². The molecule has 0 amide bonds. The Morgan fingerprint density at radius 2 is 2.20 bits per heavy atom. The molecular weight excluding hydrogens is 332 g/mol. The van der Waals surface area contributed by atoms with Crippen LogP contribution in [0, 0.1) is 0 Å². The molecule has 0 spiro atoms. The Labute approximate surface area is 155 Å². The van der Waals surface area contributed by atoms with Crippen LogP contribution in [0.1, 0.15) is 43.0 Å². The molecule has 0 radical (unpaired) electrons. The number of hydrogen-bond donors (Lipinski definition) is 2. The first-order valence-electron chi connectivity index (χ1n) is 8.88. The van der Waals surface area contributed by atoms with E-state index in [0.717, 1.165) is 53.0 Å². The molecule has 6 heteroatoms. The summed E-state index contributed by atoms with van der Waals surface area (Å²) in [5, 5.41) is 8.90. The number of rotatable bonds is 10. The van der Waals surface area contributed by atoms with Crippen molar-refractivity contribution in [1.82, 2.24) is 10.2 Å². The minimum Gasteiger partial charge on any atom is -0.383 e. The van der Waals surface area contributed by atoms with Crippen LogP contribution in [0.4, 0.5) is 5.69 Å². The van der Waals surface area contributed by atoms with E-state index >= 15 is 0 Å². The standard InChI is InChI=1S/C19H30N4OS/c1-6-7-8-9-10-21-19-22-17-16(14(2)20-11-12-24-5)13-25-18(17)15(3)23(19)4/h13,20H,2-3,6-12H2,1,4-5H3,(H,21,22). The van der Waals surface area contributed by atoms with Crippen molar-refractivity contribution in [2.24, 2.45) is 4.99 Å². The molecule has 0 saturated heterocycles. The van der Waals surface area contributed by atoms with Gasteiger partial charge in [-0.2, -0.15) is 0 Å². The molecule has 5 nitrogen and oxygen atoms in total. The number of hydrogen-bond acceptors (Lipinski definition) is 4. The molecule has 2 heterocycles. The molecule has 0 aliphatic carbocycles. The predicted octanol–water partition coefficient (Wildman–Crippen LogP) is 4.22. The molecule has 0 fully saturated rings. The lowest BCUT2D eigenvalue weighted by atomic mass is 10.1. The lowest BCUT2D eigenvalue weighted by molar-refractivity contribution is 0.203. The van der Waals surface area contributed by atoms with E-state index in [0.29, 0.717) is 6.61 Å². The third-order valence-electron chi connectivity index (χ3n) is 4.26. The molecule has 1 aromatic heterocycles. The maximum absolute atomic E-state index is 5.09. The number of nitrogens with zero attached hydrogens (tertiary/aromatic N) is 2. The third-order valence-corrected chi connectivity index (χ3v) is 5.28. The Bertz CT molecular complexity index is 635. The number of ether oxygens (including phenoxy) is 1. The molecular formula is C19H30N4OS. The van der Waals surface area contributed by atoms with E-state index in [9.17, 15) is 0 Å². The van der Waals surface area contributed by atoms with E-state index in [2.05, 4.69) is 36.1 Å². The van der Waals surface area contributed by atoms with Gasteiger partial charge in [-0.05, 0) is 6.42 Å². The first kappa shape index (κ1) is 19.5. The van der Waals surface area contributed by atoms with Gasteiger partial charge in [-0.25, -0.2) is 0 Å². The van der Waals surface area contributed by atoms with E-state index in [1.54, 1.807) is 18.4 Å². The minimum absolute atomic E-state index is 0.651. The third kappa shape index (κ3) is 4.86. The second-order valence-electron chi connectivity index (χ2n) is 6.15. The van der Waals surface area contributed by atoms with Crippen molar-refractivity contribution in [2.75, 3.05) is 39.2 Å². The van der Waals surface area contributed by atoms with Crippen LogP contribution in [-0.4, -0.2) is 44.7 Å². The maximum atomic E-state index is 5.09. The van der Waals surface area contributed by atoms with Crippen molar-refractivity contribution in [3.05, 3.63) is 29.0 Å². The molecule has 0 unspecified atom stereocenters. The van der Waals surface area contributed by atoms with Crippen LogP contribution in [0.2, 0.25) is 0 Å². The molecule has 0 saturated carbocycles. The van der Waals surface area contributed by atoms with Crippen LogP contribution in [0.5, 0.6) is 0 Å². The van der Waals surface area contributed by atoms with Crippen molar-refractivity contribution in [1.29, 1.82) is 0 Å². The molecule has 2 rings (SSSR count). The van der Waals surface area contributed by atoms with Crippen LogP contribution in [-0.2, 0) is 4.74 Å². The summed E-state index contributed by atoms with van der Waals surface area (Å²) >= 11 is 1.68. The lowest BCUT2D eigenvalue weighted by Gasteiger charge is -2.30. The summed E-state index contributed by atoms with van der Waals surface area (Å²) in [5.41, 5.74) is 3.99. The van der Waals surface area contributed by atoms with Gasteiger partial charge in [0.2, 0.25) is 5.96 Å². The van der Waals surface area contributed by atoms with Gasteiger partial charge in [0.05, 0.1) is 22.9 Å². The highest BCUT2D eigenvalue weighted by atomic mass is 32.1. The number of thiophene rings is 1. The van der Waals surface area contributed by atoms with Crippen molar-refractivity contribution < 1.29 is 4.74 Å². The van der Waals surface area contributed by atoms with Crippen molar-refractivity contribution >= 4 is 34.4 Å². The summed E-state index contributed by atoms with van der Waals surface area (Å²) in [7, 11) is 3.70. The first-order valence-corrected chi connectivity index (χ1v) is 9.76. The summed E-state index contributed by atoms with van der Waals surface area (Å²) in [6.07, 6.45) is 4.86. The predicted molar refractivity (Wildman–Crippen MR) is 110 cm³/mol. The monoisotopic (exact) mass is 362 g/mol. The molecule has 25 heavy (non-hydrogen) atoms. The van der Waals surface area contributed by atoms with Crippen molar-refractivity contribution in [2.45, 2.75) is 32.6 Å². The van der Waals surface area contributed by atoms with Gasteiger partial charge in [0.1, 0.15) is 0 Å². The highest BCUT2D eigenvalue weighted by Crippen LogP contribution is 2.40. The number of unbranched alkanes of at least 4 members (excludes halogenated alkanes) is 3. The lowest BCUT2D eigenvalue weighted by Crippen LogP contribution is -2.36. The Kier molecular flexibility index (Phi) is 7.52. The van der Waals surface area contributed by atoms with Crippen LogP contribution in [0.15, 0.2) is 23.5 Å². The van der Waals surface area contributed by atoms with E-state index < -0.39 is 0 Å². The molecule has 138 valence electrons. The largest absolute Gasteiger partial charge is 0.383 e. The molecule has 0 aromatic carbocycles. The summed E-state index contributed by atoms with van der Waals surface area (Å²) < 4.78 is 5.09. The van der Waals surface area contributed by atoms with Gasteiger partial charge in [-0.1, -0.05) is 39.3 Å². The van der Waals surface area contributed by atoms with Crippen molar-refractivity contribution in [3.8, 4) is 0 Å². The van der Waals surface area contributed by atoms with E-state index in [4.69, 9.17) is 9.73 Å². The highest BCUT2D eigenvalue weighted by molar-refractivity contribution is 7.12. The average molecular weight is 363 g/mol. The molecule has 2 N–H and O–H groups in total. The average Bonchev–Trinajstić information content (AvgIpc) is 3.03. The second kappa shape index (κ2) is 9.63. The van der Waals surface area contributed by atoms with E-state index in [1.807, 2.05) is 11.9 Å². The molecule has 1 aromatic rings. The zero-order valence-corrected chi connectivity index (χ0v) is 16.5. The number of nitrogens with one attached hydrogen (secondary N) is 2. The quantitative estimate of drug-likeness (QED) is 0.612. The second-order valence-corrected chi connectivity index (χ2v) is 7.03. The van der Waals surface area contributed by atoms with Crippen LogP contribution >= 0.6 is 11.3 Å². The fourth-order valence-electron chi connectivity index (χ4n) is 2.66. The fourth-order valence-corrected chi connectivity index (χ4v) is 3.71. The van der Waals surface area contributed by atoms with E-state index in [1.165, 1.54) is 19.3 Å². The van der Waals surface area contributed by atoms with Gasteiger partial charge in [0, 0.05) is 43.9 Å². The SMILES string of the molecule is C=C(NCCOC)c1csc2c1NC(=NCCCCCC)N(C)C2=C. The highest BCUT2D eigenvalue weighted by Gasteiger charge is 2.26. The Morgan fingerprint density at radius 1 is 1.40 bits per heavy atom. The zero-order valence-electron chi connectivity index (χ0n) is 15.7. The minimum atomic E-state index is 0.651. The molecule has 0 bridgehead atoms. The van der Waals surface area contributed by atoms with Crippen LogP contribution in [0.3, 0.4) is 0 Å². The Morgan fingerprint density at radius 3 is 2.92 bits per heavy atom. The fraction of sp³-hybridized carbons (Fsp3) is 0.526. The number of guanidine groups is 1. The summed E-state index contributed by atoms with van der Waals surface area (Å²) in [5.74, 6) is 0.860. The molecule has 1 aliphatic rings. The number of anilines is 1. The van der Waals surface area contributed by atoms with Crippen LogP contribution < -0.4 is 10.6 Å². The van der Waals surface area contributed by atoms with Gasteiger partial charge < -0.3 is 20.3 Å². The number of fused-ring (bicyclic) bond motifs is 1. The summed E-state index contributed by atoms with van der Waals surface area (Å²) in [6.45, 7) is 12.8. The van der Waals surface area contributed by atoms with Crippen molar-refractivity contribution in [3.63, 3.8) is 0 Å². The molecule has 1 aliphatic heterocycles. The smallest absolute Gasteiger partial charge is 0.202 e. The molecule has 0 atom stereocenters. The zero-order chi connectivity index (χ0) is 18.2.